The average Bonchev–Trinajstić information content (AvgIpc) is 3.87. The number of hydrogen-bond donors (Lipinski definition) is 0. The van der Waals surface area contributed by atoms with Crippen LogP contribution in [0, 0.1) is 5.92 Å². The number of methoxy groups -OCH3 is 1. The van der Waals surface area contributed by atoms with Crippen molar-refractivity contribution >= 4 is 47.2 Å². The summed E-state index contributed by atoms with van der Waals surface area (Å²) in [5, 5.41) is 0.729. The molecule has 3 heterocycles. The third kappa shape index (κ3) is 9.24. The minimum atomic E-state index is -3.04. The Balaban J connectivity index is 1.27. The lowest BCUT2D eigenvalue weighted by Crippen LogP contribution is -2.50. The van der Waals surface area contributed by atoms with Crippen molar-refractivity contribution in [2.24, 2.45) is 5.92 Å². The Kier molecular flexibility index (Phi) is 12.6. The van der Waals surface area contributed by atoms with E-state index in [1.165, 1.54) is 17.8 Å². The zero-order chi connectivity index (χ0) is 36.0. The van der Waals surface area contributed by atoms with Crippen molar-refractivity contribution in [1.29, 1.82) is 0 Å². The number of aromatic nitrogens is 1. The highest BCUT2D eigenvalue weighted by Gasteiger charge is 2.46. The number of H-pyrrole nitrogens is 1. The summed E-state index contributed by atoms with van der Waals surface area (Å²) < 4.78 is 54.9. The van der Waals surface area contributed by atoms with E-state index in [4.69, 9.17) is 46.9 Å². The number of morpholine rings is 1. The smallest absolute Gasteiger partial charge is 0.387 e. The van der Waals surface area contributed by atoms with Crippen LogP contribution in [0.4, 0.5) is 8.78 Å². The number of hydrogen-bond acceptors (Lipinski definition) is 9. The standard InChI is InChI=1S/C36H39Cl2F2N3O7S/c1-46-30-6-5-25(14-26(30)19-42-8-11-47-12-9-42)34(45)43-10-13-51-36(43,21-44)22-49-32(16-27-28(37)17-41-18-29(27)38)24-4-7-31(50-35(39)40)33(15-24)48-20-23-2-3-23/h4-7,14-15,17-18,21,23,32,35H,2-3,8-13,16,19-20,22H2,1H3/p+1/t32-,36?/m0/s1. The summed E-state index contributed by atoms with van der Waals surface area (Å²) in [4.78, 5) is 32.5. The summed E-state index contributed by atoms with van der Waals surface area (Å²) in [5.74, 6) is 1.28. The maximum Gasteiger partial charge on any atom is 0.387 e. The third-order valence-corrected chi connectivity index (χ3v) is 11.2. The van der Waals surface area contributed by atoms with Crippen LogP contribution in [0.5, 0.6) is 17.2 Å². The molecule has 0 spiro atoms. The summed E-state index contributed by atoms with van der Waals surface area (Å²) in [6.07, 6.45) is 5.33. The highest BCUT2D eigenvalue weighted by atomic mass is 35.5. The number of benzene rings is 2. The van der Waals surface area contributed by atoms with E-state index in [0.29, 0.717) is 77.1 Å². The monoisotopic (exact) mass is 766 g/mol. The van der Waals surface area contributed by atoms with E-state index in [0.717, 1.165) is 37.8 Å². The zero-order valence-corrected chi connectivity index (χ0v) is 30.4. The first-order chi connectivity index (χ1) is 24.7. The topological polar surface area (TPSA) is 101 Å². The van der Waals surface area contributed by atoms with Crippen molar-refractivity contribution < 1.29 is 47.0 Å². The second-order valence-electron chi connectivity index (χ2n) is 12.7. The molecule has 1 aromatic heterocycles. The number of alkyl halides is 2. The summed E-state index contributed by atoms with van der Waals surface area (Å²) >= 11 is 14.4. The molecule has 0 bridgehead atoms. The quantitative estimate of drug-likeness (QED) is 0.160. The molecule has 10 nitrogen and oxygen atoms in total. The molecule has 3 fully saturated rings. The van der Waals surface area contributed by atoms with Crippen molar-refractivity contribution in [3.8, 4) is 17.2 Å². The Hall–Kier alpha value is -3.20. The molecule has 1 unspecified atom stereocenters. The number of ether oxygens (including phenoxy) is 5. The summed E-state index contributed by atoms with van der Waals surface area (Å²) in [6.45, 7) is 0.874. The van der Waals surface area contributed by atoms with E-state index >= 15 is 0 Å². The number of halogens is 4. The predicted octanol–water partition coefficient (Wildman–Crippen LogP) is 6.12. The molecular weight excluding hydrogens is 727 g/mol. The number of aldehydes is 1. The predicted molar refractivity (Wildman–Crippen MR) is 188 cm³/mol. The van der Waals surface area contributed by atoms with Gasteiger partial charge in [-0.2, -0.15) is 8.78 Å². The number of aromatic amines is 1. The Morgan fingerprint density at radius 1 is 1.08 bits per heavy atom. The normalized spacial score (nSPS) is 20.0. The Morgan fingerprint density at radius 2 is 1.82 bits per heavy atom. The number of carbonyl (C=O) groups excluding carboxylic acids is 2. The van der Waals surface area contributed by atoms with Gasteiger partial charge in [-0.05, 0) is 54.7 Å². The molecule has 15 heteroatoms. The zero-order valence-electron chi connectivity index (χ0n) is 28.1. The van der Waals surface area contributed by atoms with Gasteiger partial charge in [0.2, 0.25) is 0 Å². The Morgan fingerprint density at radius 3 is 2.51 bits per heavy atom. The molecule has 51 heavy (non-hydrogen) atoms. The van der Waals surface area contributed by atoms with Crippen LogP contribution in [0.1, 0.15) is 46.0 Å². The van der Waals surface area contributed by atoms with Gasteiger partial charge in [-0.1, -0.05) is 29.3 Å². The fourth-order valence-corrected chi connectivity index (χ4v) is 7.88. The third-order valence-electron chi connectivity index (χ3n) is 9.18. The molecular formula is C36H40Cl2F2N3O7S+. The largest absolute Gasteiger partial charge is 0.496 e. The van der Waals surface area contributed by atoms with Crippen LogP contribution in [0.3, 0.4) is 0 Å². The van der Waals surface area contributed by atoms with Gasteiger partial charge in [-0.3, -0.25) is 14.5 Å². The maximum absolute atomic E-state index is 14.2. The number of pyridine rings is 1. The molecule has 1 aliphatic carbocycles. The van der Waals surface area contributed by atoms with E-state index in [1.54, 1.807) is 48.7 Å². The molecule has 6 rings (SSSR count). The molecule has 1 saturated carbocycles. The first kappa shape index (κ1) is 37.6. The molecule has 274 valence electrons. The molecule has 2 aromatic carbocycles. The SMILES string of the molecule is COc1ccc(C(=O)N2CCSC2(C=O)CO[C@@H](Cc2c(Cl)c[nH+]cc2Cl)c2ccc(OC(F)F)c(OCC3CC3)c2)cc1CN1CCOCC1. The van der Waals surface area contributed by atoms with E-state index < -0.39 is 17.6 Å². The van der Waals surface area contributed by atoms with Crippen LogP contribution in [0.15, 0.2) is 48.8 Å². The Bertz CT molecular complexity index is 1680. The first-order valence-corrected chi connectivity index (χ1v) is 18.5. The van der Waals surface area contributed by atoms with E-state index in [2.05, 4.69) is 9.88 Å². The molecule has 1 amide bonds. The van der Waals surface area contributed by atoms with Gasteiger partial charge in [-0.15, -0.1) is 11.8 Å². The van der Waals surface area contributed by atoms with E-state index in [1.807, 2.05) is 6.07 Å². The van der Waals surface area contributed by atoms with Crippen LogP contribution in [-0.2, 0) is 27.2 Å². The lowest BCUT2D eigenvalue weighted by Gasteiger charge is -2.34. The van der Waals surface area contributed by atoms with Gasteiger partial charge in [0.05, 0.1) is 39.6 Å². The van der Waals surface area contributed by atoms with Crippen molar-refractivity contribution in [3.05, 3.63) is 81.1 Å². The van der Waals surface area contributed by atoms with Crippen LogP contribution in [0.2, 0.25) is 10.0 Å². The van der Waals surface area contributed by atoms with Gasteiger partial charge in [0.25, 0.3) is 5.91 Å². The average molecular weight is 768 g/mol. The summed E-state index contributed by atoms with van der Waals surface area (Å²) in [5.41, 5.74) is 2.43. The summed E-state index contributed by atoms with van der Waals surface area (Å²) in [7, 11) is 1.59. The molecule has 1 N–H and O–H groups in total. The molecule has 3 aliphatic rings. The molecule has 2 saturated heterocycles. The van der Waals surface area contributed by atoms with Crippen LogP contribution < -0.4 is 19.2 Å². The lowest BCUT2D eigenvalue weighted by molar-refractivity contribution is -0.377. The Labute approximate surface area is 309 Å². The first-order valence-electron chi connectivity index (χ1n) is 16.8. The van der Waals surface area contributed by atoms with Crippen LogP contribution in [0.25, 0.3) is 0 Å². The highest BCUT2D eigenvalue weighted by Crippen LogP contribution is 2.41. The molecule has 0 radical (unpaired) electrons. The van der Waals surface area contributed by atoms with Crippen molar-refractivity contribution in [1.82, 2.24) is 9.80 Å². The molecule has 3 aromatic rings. The molecule has 2 aliphatic heterocycles. The number of nitrogens with one attached hydrogen (secondary N) is 1. The molecule has 2 atom stereocenters. The van der Waals surface area contributed by atoms with Crippen molar-refractivity contribution in [2.75, 3.05) is 58.9 Å². The van der Waals surface area contributed by atoms with Gasteiger partial charge in [0.15, 0.2) is 35.0 Å². The minimum Gasteiger partial charge on any atom is -0.496 e. The fourth-order valence-electron chi connectivity index (χ4n) is 6.17. The van der Waals surface area contributed by atoms with E-state index in [9.17, 15) is 18.4 Å². The van der Waals surface area contributed by atoms with Gasteiger partial charge in [0, 0.05) is 55.0 Å². The van der Waals surface area contributed by atoms with Crippen molar-refractivity contribution in [2.45, 2.75) is 43.4 Å². The highest BCUT2D eigenvalue weighted by molar-refractivity contribution is 8.01. The number of amides is 1. The van der Waals surface area contributed by atoms with Crippen molar-refractivity contribution in [3.63, 3.8) is 0 Å². The number of carbonyl (C=O) groups is 2. The number of nitrogens with zero attached hydrogens (tertiary/aromatic N) is 2. The van der Waals surface area contributed by atoms with Gasteiger partial charge in [-0.25, -0.2) is 4.98 Å². The van der Waals surface area contributed by atoms with Gasteiger partial charge in [0.1, 0.15) is 15.8 Å². The number of rotatable bonds is 16. The van der Waals surface area contributed by atoms with Gasteiger partial charge < -0.3 is 28.6 Å². The minimum absolute atomic E-state index is 0.0986. The number of thioether (sulfide) groups is 1. The van der Waals surface area contributed by atoms with E-state index in [-0.39, 0.29) is 30.4 Å². The van der Waals surface area contributed by atoms with Crippen LogP contribution in [-0.4, -0.2) is 92.4 Å². The summed E-state index contributed by atoms with van der Waals surface area (Å²) in [6, 6.07) is 9.92. The lowest BCUT2D eigenvalue weighted by atomic mass is 10.0. The fraction of sp³-hybridized carbons (Fsp3) is 0.472. The maximum atomic E-state index is 14.2. The van der Waals surface area contributed by atoms with Gasteiger partial charge >= 0.3 is 6.61 Å². The van der Waals surface area contributed by atoms with Crippen LogP contribution >= 0.6 is 35.0 Å². The second kappa shape index (κ2) is 17.1. The second-order valence-corrected chi connectivity index (χ2v) is 14.9.